The molecule has 3 heterocycles. The van der Waals surface area contributed by atoms with Crippen LogP contribution in [0.2, 0.25) is 0 Å². The van der Waals surface area contributed by atoms with E-state index in [9.17, 15) is 9.59 Å². The molecular formula is C17H15N3O2S. The van der Waals surface area contributed by atoms with Crippen LogP contribution < -0.4 is 10.9 Å². The van der Waals surface area contributed by atoms with E-state index in [0.717, 1.165) is 31.6 Å². The SMILES string of the molecule is O=C(Nc1ccc2nc3n(c(=O)c2c1)CCCC3)c1cccs1. The molecule has 1 aromatic carbocycles. The third-order valence-electron chi connectivity index (χ3n) is 4.07. The fourth-order valence-corrected chi connectivity index (χ4v) is 3.54. The van der Waals surface area contributed by atoms with E-state index in [1.165, 1.54) is 11.3 Å². The molecule has 1 amide bonds. The molecule has 0 aliphatic carbocycles. The van der Waals surface area contributed by atoms with Crippen LogP contribution in [0.5, 0.6) is 0 Å². The van der Waals surface area contributed by atoms with Gasteiger partial charge < -0.3 is 5.32 Å². The lowest BCUT2D eigenvalue weighted by molar-refractivity contribution is 0.103. The van der Waals surface area contributed by atoms with Gasteiger partial charge in [0.1, 0.15) is 5.82 Å². The highest BCUT2D eigenvalue weighted by atomic mass is 32.1. The Morgan fingerprint density at radius 2 is 2.17 bits per heavy atom. The number of carbonyl (C=O) groups is 1. The summed E-state index contributed by atoms with van der Waals surface area (Å²) in [5.41, 5.74) is 1.29. The Bertz CT molecular complexity index is 944. The van der Waals surface area contributed by atoms with E-state index in [1.54, 1.807) is 28.8 Å². The summed E-state index contributed by atoms with van der Waals surface area (Å²) in [6, 6.07) is 8.92. The molecule has 0 spiro atoms. The molecule has 3 aromatic rings. The van der Waals surface area contributed by atoms with Gasteiger partial charge in [0, 0.05) is 18.7 Å². The second-order valence-electron chi connectivity index (χ2n) is 5.61. The van der Waals surface area contributed by atoms with Crippen molar-refractivity contribution in [2.24, 2.45) is 0 Å². The van der Waals surface area contributed by atoms with Crippen molar-refractivity contribution in [3.05, 3.63) is 56.8 Å². The summed E-state index contributed by atoms with van der Waals surface area (Å²) < 4.78 is 1.76. The number of amides is 1. The summed E-state index contributed by atoms with van der Waals surface area (Å²) in [6.45, 7) is 0.725. The Morgan fingerprint density at radius 3 is 3.00 bits per heavy atom. The molecule has 0 bridgehead atoms. The smallest absolute Gasteiger partial charge is 0.265 e. The van der Waals surface area contributed by atoms with Crippen molar-refractivity contribution < 1.29 is 4.79 Å². The number of rotatable bonds is 2. The summed E-state index contributed by atoms with van der Waals surface area (Å²) >= 11 is 1.39. The minimum absolute atomic E-state index is 0.0167. The summed E-state index contributed by atoms with van der Waals surface area (Å²) in [7, 11) is 0. The molecule has 0 fully saturated rings. The van der Waals surface area contributed by atoms with Gasteiger partial charge in [0.05, 0.1) is 15.8 Å². The third-order valence-corrected chi connectivity index (χ3v) is 4.94. The van der Waals surface area contributed by atoms with Crippen molar-refractivity contribution in [2.45, 2.75) is 25.8 Å². The lowest BCUT2D eigenvalue weighted by Crippen LogP contribution is -2.28. The number of anilines is 1. The summed E-state index contributed by atoms with van der Waals surface area (Å²) in [5.74, 6) is 0.703. The first-order chi connectivity index (χ1) is 11.2. The van der Waals surface area contributed by atoms with E-state index < -0.39 is 0 Å². The maximum Gasteiger partial charge on any atom is 0.265 e. The first-order valence-corrected chi connectivity index (χ1v) is 8.49. The van der Waals surface area contributed by atoms with E-state index >= 15 is 0 Å². The molecule has 1 aliphatic heterocycles. The number of nitrogens with zero attached hydrogens (tertiary/aromatic N) is 2. The fourth-order valence-electron chi connectivity index (χ4n) is 2.92. The van der Waals surface area contributed by atoms with Gasteiger partial charge in [-0.25, -0.2) is 4.98 Å². The molecule has 23 heavy (non-hydrogen) atoms. The second kappa shape index (κ2) is 5.62. The van der Waals surface area contributed by atoms with E-state index in [4.69, 9.17) is 0 Å². The van der Waals surface area contributed by atoms with Crippen LogP contribution in [0.25, 0.3) is 10.9 Å². The predicted molar refractivity (Wildman–Crippen MR) is 91.2 cm³/mol. The van der Waals surface area contributed by atoms with Crippen LogP contribution >= 0.6 is 11.3 Å². The first kappa shape index (κ1) is 14.1. The normalized spacial score (nSPS) is 13.7. The first-order valence-electron chi connectivity index (χ1n) is 7.61. The number of aryl methyl sites for hydroxylation is 1. The standard InChI is InChI=1S/C17H15N3O2S/c21-16(14-4-3-9-23-14)18-11-6-7-13-12(10-11)17(22)20-8-2-1-5-15(20)19-13/h3-4,6-7,9-10H,1-2,5,8H2,(H,18,21). The number of thiophene rings is 1. The van der Waals surface area contributed by atoms with Crippen LogP contribution in [-0.2, 0) is 13.0 Å². The molecule has 0 atom stereocenters. The van der Waals surface area contributed by atoms with Crippen LogP contribution in [0.4, 0.5) is 5.69 Å². The lowest BCUT2D eigenvalue weighted by Gasteiger charge is -2.18. The zero-order chi connectivity index (χ0) is 15.8. The number of aromatic nitrogens is 2. The van der Waals surface area contributed by atoms with Crippen molar-refractivity contribution in [3.63, 3.8) is 0 Å². The number of nitrogens with one attached hydrogen (secondary N) is 1. The van der Waals surface area contributed by atoms with Gasteiger partial charge in [0.15, 0.2) is 0 Å². The van der Waals surface area contributed by atoms with Crippen LogP contribution in [0.15, 0.2) is 40.5 Å². The minimum Gasteiger partial charge on any atom is -0.321 e. The molecule has 2 aromatic heterocycles. The van der Waals surface area contributed by atoms with Gasteiger partial charge in [0.2, 0.25) is 0 Å². The maximum atomic E-state index is 12.7. The molecule has 1 N–H and O–H groups in total. The molecule has 0 saturated heterocycles. The largest absolute Gasteiger partial charge is 0.321 e. The Kier molecular flexibility index (Phi) is 3.46. The Balaban J connectivity index is 1.74. The van der Waals surface area contributed by atoms with Crippen molar-refractivity contribution in [1.82, 2.24) is 9.55 Å². The molecule has 5 nitrogen and oxygen atoms in total. The highest BCUT2D eigenvalue weighted by Crippen LogP contribution is 2.19. The lowest BCUT2D eigenvalue weighted by atomic mass is 10.1. The average molecular weight is 325 g/mol. The van der Waals surface area contributed by atoms with Crippen LogP contribution in [-0.4, -0.2) is 15.5 Å². The van der Waals surface area contributed by atoms with Gasteiger partial charge in [-0.2, -0.15) is 0 Å². The van der Waals surface area contributed by atoms with Crippen molar-refractivity contribution in [3.8, 4) is 0 Å². The molecule has 6 heteroatoms. The monoisotopic (exact) mass is 325 g/mol. The Morgan fingerprint density at radius 1 is 1.26 bits per heavy atom. The van der Waals surface area contributed by atoms with Crippen LogP contribution in [0, 0.1) is 0 Å². The molecule has 0 unspecified atom stereocenters. The summed E-state index contributed by atoms with van der Waals surface area (Å²) in [5, 5.41) is 5.25. The average Bonchev–Trinajstić information content (AvgIpc) is 3.10. The third kappa shape index (κ3) is 2.55. The number of hydrogen-bond donors (Lipinski definition) is 1. The number of fused-ring (bicyclic) bond motifs is 2. The maximum absolute atomic E-state index is 12.7. The molecule has 4 rings (SSSR count). The van der Waals surface area contributed by atoms with Crippen molar-refractivity contribution in [1.29, 1.82) is 0 Å². The summed E-state index contributed by atoms with van der Waals surface area (Å²) in [4.78, 5) is 30.0. The van der Waals surface area contributed by atoms with Gasteiger partial charge in [-0.15, -0.1) is 11.3 Å². The fraction of sp³-hybridized carbons (Fsp3) is 0.235. The van der Waals surface area contributed by atoms with Gasteiger partial charge in [-0.3, -0.25) is 14.2 Å². The van der Waals surface area contributed by atoms with E-state index in [2.05, 4.69) is 10.3 Å². The second-order valence-corrected chi connectivity index (χ2v) is 6.55. The van der Waals surface area contributed by atoms with Gasteiger partial charge in [-0.1, -0.05) is 6.07 Å². The topological polar surface area (TPSA) is 64.0 Å². The Hall–Kier alpha value is -2.47. The minimum atomic E-state index is -0.162. The quantitative estimate of drug-likeness (QED) is 0.787. The number of hydrogen-bond acceptors (Lipinski definition) is 4. The molecule has 0 saturated carbocycles. The highest BCUT2D eigenvalue weighted by Gasteiger charge is 2.15. The van der Waals surface area contributed by atoms with E-state index in [0.29, 0.717) is 21.5 Å². The summed E-state index contributed by atoms with van der Waals surface area (Å²) in [6.07, 6.45) is 2.93. The number of carbonyl (C=O) groups excluding carboxylic acids is 1. The highest BCUT2D eigenvalue weighted by molar-refractivity contribution is 7.12. The predicted octanol–water partition coefficient (Wildman–Crippen LogP) is 3.05. The van der Waals surface area contributed by atoms with E-state index in [1.807, 2.05) is 11.4 Å². The molecular weight excluding hydrogens is 310 g/mol. The Labute approximate surface area is 136 Å². The van der Waals surface area contributed by atoms with Crippen molar-refractivity contribution in [2.75, 3.05) is 5.32 Å². The van der Waals surface area contributed by atoms with Crippen molar-refractivity contribution >= 4 is 33.8 Å². The van der Waals surface area contributed by atoms with Crippen LogP contribution in [0.1, 0.15) is 28.3 Å². The van der Waals surface area contributed by atoms with Gasteiger partial charge >= 0.3 is 0 Å². The molecule has 0 radical (unpaired) electrons. The zero-order valence-corrected chi connectivity index (χ0v) is 13.2. The zero-order valence-electron chi connectivity index (χ0n) is 12.4. The van der Waals surface area contributed by atoms with Crippen LogP contribution in [0.3, 0.4) is 0 Å². The number of benzene rings is 1. The molecule has 1 aliphatic rings. The van der Waals surface area contributed by atoms with Gasteiger partial charge in [-0.05, 0) is 42.5 Å². The molecule has 116 valence electrons. The van der Waals surface area contributed by atoms with E-state index in [-0.39, 0.29) is 11.5 Å². The van der Waals surface area contributed by atoms with Gasteiger partial charge in [0.25, 0.3) is 11.5 Å².